The van der Waals surface area contributed by atoms with Crippen molar-refractivity contribution in [3.05, 3.63) is 12.2 Å². The van der Waals surface area contributed by atoms with Crippen LogP contribution in [0.1, 0.15) is 96.8 Å². The van der Waals surface area contributed by atoms with Crippen molar-refractivity contribution < 1.29 is 9.90 Å². The normalized spacial score (nSPS) is 10.6. The molecule has 2 nitrogen and oxygen atoms in total. The molecule has 22 heavy (non-hydrogen) atoms. The van der Waals surface area contributed by atoms with Gasteiger partial charge in [0, 0.05) is 12.3 Å². The van der Waals surface area contributed by atoms with Crippen LogP contribution in [0.2, 0.25) is 0 Å². The van der Waals surface area contributed by atoms with Crippen LogP contribution in [0.3, 0.4) is 0 Å². The maximum Gasteiger partial charge on any atom is 0.381 e. The molecule has 0 radical (unpaired) electrons. The lowest BCUT2D eigenvalue weighted by atomic mass is 10.1. The molecule has 0 aliphatic heterocycles. The summed E-state index contributed by atoms with van der Waals surface area (Å²) >= 11 is 0. The van der Waals surface area contributed by atoms with E-state index < -0.39 is 5.97 Å². The van der Waals surface area contributed by atoms with E-state index in [4.69, 9.17) is 5.11 Å². The van der Waals surface area contributed by atoms with Crippen molar-refractivity contribution in [1.29, 1.82) is 0 Å². The number of hydrogen-bond acceptors (Lipinski definition) is 1. The summed E-state index contributed by atoms with van der Waals surface area (Å²) in [5.41, 5.74) is 0. The molecule has 0 spiro atoms. The van der Waals surface area contributed by atoms with Crippen molar-refractivity contribution in [2.75, 3.05) is 0 Å². The lowest BCUT2D eigenvalue weighted by Gasteiger charge is -2.01. The van der Waals surface area contributed by atoms with Gasteiger partial charge in [-0.3, -0.25) is 0 Å². The Morgan fingerprint density at radius 3 is 1.86 bits per heavy atom. The molecule has 0 aromatic heterocycles. The van der Waals surface area contributed by atoms with Crippen molar-refractivity contribution in [1.82, 2.24) is 0 Å². The highest BCUT2D eigenvalue weighted by molar-refractivity contribution is 5.86. The molecular formula is C20H34O2. The molecule has 0 fully saturated rings. The topological polar surface area (TPSA) is 37.3 Å². The fourth-order valence-corrected chi connectivity index (χ4v) is 2.43. The molecule has 1 N–H and O–H groups in total. The van der Waals surface area contributed by atoms with Gasteiger partial charge in [0.2, 0.25) is 0 Å². The van der Waals surface area contributed by atoms with Gasteiger partial charge in [0.1, 0.15) is 0 Å². The molecule has 0 aliphatic carbocycles. The number of carboxylic acid groups (broad SMARTS) is 1. The maximum atomic E-state index is 10.2. The second-order valence-corrected chi connectivity index (χ2v) is 5.94. The molecular weight excluding hydrogens is 272 g/mol. The predicted molar refractivity (Wildman–Crippen MR) is 94.9 cm³/mol. The van der Waals surface area contributed by atoms with Crippen LogP contribution in [0.4, 0.5) is 0 Å². The molecule has 0 aliphatic rings. The van der Waals surface area contributed by atoms with E-state index in [1.54, 1.807) is 0 Å². The van der Waals surface area contributed by atoms with Gasteiger partial charge in [-0.25, -0.2) is 4.79 Å². The van der Waals surface area contributed by atoms with Crippen LogP contribution in [0.5, 0.6) is 0 Å². The highest BCUT2D eigenvalue weighted by Crippen LogP contribution is 2.11. The number of carbonyl (C=O) groups is 1. The Labute approximate surface area is 137 Å². The standard InChI is InChI=1S/C20H34O2/c1-2-3-4-5-6-7-8-9-10-11-12-13-14-15-16-17-18-19-20(21)22/h13-14H,2-12,15-17H2,1H3,(H,21,22). The van der Waals surface area contributed by atoms with Crippen LogP contribution >= 0.6 is 0 Å². The first-order valence-electron chi connectivity index (χ1n) is 9.14. The predicted octanol–water partition coefficient (Wildman–Crippen LogP) is 6.11. The second-order valence-electron chi connectivity index (χ2n) is 5.94. The van der Waals surface area contributed by atoms with E-state index in [0.29, 0.717) is 6.42 Å². The van der Waals surface area contributed by atoms with Gasteiger partial charge in [-0.1, -0.05) is 82.8 Å². The van der Waals surface area contributed by atoms with Crippen LogP contribution in [0, 0.1) is 11.8 Å². The molecule has 126 valence electrons. The number of allylic oxidation sites excluding steroid dienone is 2. The summed E-state index contributed by atoms with van der Waals surface area (Å²) in [5, 5.41) is 8.35. The molecule has 0 aromatic carbocycles. The van der Waals surface area contributed by atoms with Gasteiger partial charge >= 0.3 is 5.97 Å². The van der Waals surface area contributed by atoms with Gasteiger partial charge in [-0.05, 0) is 25.7 Å². The maximum absolute atomic E-state index is 10.2. The molecule has 0 bridgehead atoms. The van der Waals surface area contributed by atoms with E-state index in [2.05, 4.69) is 30.9 Å². The van der Waals surface area contributed by atoms with Crippen LogP contribution < -0.4 is 0 Å². The molecule has 0 saturated carbocycles. The van der Waals surface area contributed by atoms with Crippen molar-refractivity contribution in [3.8, 4) is 11.8 Å². The molecule has 0 aromatic rings. The monoisotopic (exact) mass is 306 g/mol. The summed E-state index contributed by atoms with van der Waals surface area (Å²) in [6.45, 7) is 2.27. The Kier molecular flexibility index (Phi) is 16.8. The van der Waals surface area contributed by atoms with E-state index in [1.165, 1.54) is 70.6 Å². The number of carboxylic acids is 1. The zero-order valence-electron chi connectivity index (χ0n) is 14.4. The summed E-state index contributed by atoms with van der Waals surface area (Å²) < 4.78 is 0. The molecule has 0 amide bonds. The van der Waals surface area contributed by atoms with Crippen molar-refractivity contribution in [2.45, 2.75) is 96.8 Å². The summed E-state index contributed by atoms with van der Waals surface area (Å²) in [5.74, 6) is 3.75. The Morgan fingerprint density at radius 2 is 1.32 bits per heavy atom. The molecule has 0 heterocycles. The fourth-order valence-electron chi connectivity index (χ4n) is 2.43. The molecule has 0 saturated heterocycles. The van der Waals surface area contributed by atoms with Gasteiger partial charge in [-0.15, -0.1) is 0 Å². The SMILES string of the molecule is CCCCCCCCCCCCC=CCCCC#CC(=O)O. The third kappa shape index (κ3) is 18.8. The van der Waals surface area contributed by atoms with E-state index in [1.807, 2.05) is 0 Å². The van der Waals surface area contributed by atoms with Gasteiger partial charge < -0.3 is 5.11 Å². The highest BCUT2D eigenvalue weighted by atomic mass is 16.4. The van der Waals surface area contributed by atoms with Gasteiger partial charge in [-0.2, -0.15) is 0 Å². The molecule has 0 rings (SSSR count). The van der Waals surface area contributed by atoms with Crippen LogP contribution in [-0.2, 0) is 4.79 Å². The zero-order valence-corrected chi connectivity index (χ0v) is 14.4. The quantitative estimate of drug-likeness (QED) is 0.239. The number of rotatable bonds is 14. The van der Waals surface area contributed by atoms with Crippen LogP contribution in [-0.4, -0.2) is 11.1 Å². The Hall–Kier alpha value is -1.23. The minimum absolute atomic E-state index is 0.675. The average molecular weight is 306 g/mol. The minimum Gasteiger partial charge on any atom is -0.472 e. The first-order chi connectivity index (χ1) is 10.8. The first kappa shape index (κ1) is 20.8. The number of hydrogen-bond donors (Lipinski definition) is 1. The summed E-state index contributed by atoms with van der Waals surface area (Å²) in [7, 11) is 0. The highest BCUT2D eigenvalue weighted by Gasteiger charge is 1.92. The first-order valence-corrected chi connectivity index (χ1v) is 9.14. The van der Waals surface area contributed by atoms with Crippen molar-refractivity contribution in [2.24, 2.45) is 0 Å². The number of unbranched alkanes of at least 4 members (excludes halogenated alkanes) is 12. The average Bonchev–Trinajstić information content (AvgIpc) is 2.50. The molecule has 0 atom stereocenters. The smallest absolute Gasteiger partial charge is 0.381 e. The second kappa shape index (κ2) is 17.8. The summed E-state index contributed by atoms with van der Waals surface area (Å²) in [6, 6.07) is 0. The minimum atomic E-state index is -1.03. The summed E-state index contributed by atoms with van der Waals surface area (Å²) in [4.78, 5) is 10.2. The third-order valence-electron chi connectivity index (χ3n) is 3.76. The van der Waals surface area contributed by atoms with Gasteiger partial charge in [0.25, 0.3) is 0 Å². The van der Waals surface area contributed by atoms with Gasteiger partial charge in [0.05, 0.1) is 0 Å². The lowest BCUT2D eigenvalue weighted by Crippen LogP contribution is -1.86. The van der Waals surface area contributed by atoms with E-state index in [9.17, 15) is 4.79 Å². The molecule has 2 heteroatoms. The van der Waals surface area contributed by atoms with Crippen LogP contribution in [0.15, 0.2) is 12.2 Å². The largest absolute Gasteiger partial charge is 0.472 e. The third-order valence-corrected chi connectivity index (χ3v) is 3.76. The summed E-state index contributed by atoms with van der Waals surface area (Å²) in [6.07, 6.45) is 22.1. The van der Waals surface area contributed by atoms with Crippen molar-refractivity contribution >= 4 is 5.97 Å². The van der Waals surface area contributed by atoms with E-state index >= 15 is 0 Å². The molecule has 0 unspecified atom stereocenters. The Balaban J connectivity index is 3.15. The van der Waals surface area contributed by atoms with Crippen LogP contribution in [0.25, 0.3) is 0 Å². The van der Waals surface area contributed by atoms with E-state index in [0.717, 1.165) is 12.8 Å². The van der Waals surface area contributed by atoms with Gasteiger partial charge in [0.15, 0.2) is 0 Å². The fraction of sp³-hybridized carbons (Fsp3) is 0.750. The number of aliphatic carboxylic acids is 1. The Morgan fingerprint density at radius 1 is 0.818 bits per heavy atom. The van der Waals surface area contributed by atoms with Crippen molar-refractivity contribution in [3.63, 3.8) is 0 Å². The Bertz CT molecular complexity index is 333. The van der Waals surface area contributed by atoms with E-state index in [-0.39, 0.29) is 0 Å². The zero-order chi connectivity index (χ0) is 16.3. The lowest BCUT2D eigenvalue weighted by molar-refractivity contribution is -0.130.